The lowest BCUT2D eigenvalue weighted by Crippen LogP contribution is -2.33. The van der Waals surface area contributed by atoms with Gasteiger partial charge in [-0.2, -0.15) is 0 Å². The Morgan fingerprint density at radius 1 is 1.15 bits per heavy atom. The first kappa shape index (κ1) is 21.0. The number of rotatable bonds is 8. The fraction of sp³-hybridized carbons (Fsp3) is 0.263. The molecule has 144 valence electrons. The van der Waals surface area contributed by atoms with Crippen LogP contribution in [0.3, 0.4) is 0 Å². The normalized spacial score (nSPS) is 11.6. The van der Waals surface area contributed by atoms with Gasteiger partial charge in [-0.3, -0.25) is 4.79 Å². The van der Waals surface area contributed by atoms with Gasteiger partial charge in [0, 0.05) is 11.6 Å². The third-order valence-corrected chi connectivity index (χ3v) is 4.05. The van der Waals surface area contributed by atoms with E-state index < -0.39 is 24.6 Å². The molecular formula is C19H18Cl2FNO4. The van der Waals surface area contributed by atoms with E-state index in [1.54, 1.807) is 18.2 Å². The van der Waals surface area contributed by atoms with Gasteiger partial charge in [0.05, 0.1) is 5.02 Å². The molecule has 2 aromatic rings. The molecule has 0 aliphatic carbocycles. The molecule has 0 saturated carbocycles. The Kier molecular flexibility index (Phi) is 7.88. The maximum Gasteiger partial charge on any atom is 0.347 e. The van der Waals surface area contributed by atoms with Crippen molar-refractivity contribution in [2.75, 3.05) is 13.2 Å². The Morgan fingerprint density at radius 2 is 1.85 bits per heavy atom. The number of halogens is 3. The minimum absolute atomic E-state index is 0.265. The first-order valence-corrected chi connectivity index (χ1v) is 8.90. The molecule has 1 N–H and O–H groups in total. The monoisotopic (exact) mass is 413 g/mol. The summed E-state index contributed by atoms with van der Waals surface area (Å²) in [5.41, 5.74) is 0.885. The molecule has 0 saturated heterocycles. The SMILES string of the molecule is C[C@@H](Oc1ccc(Cl)cc1Cl)C(=O)OCC(=O)NCCc1ccc(F)cc1. The summed E-state index contributed by atoms with van der Waals surface area (Å²) in [5.74, 6) is -1.17. The van der Waals surface area contributed by atoms with Crippen LogP contribution in [0.5, 0.6) is 5.75 Å². The van der Waals surface area contributed by atoms with Gasteiger partial charge in [0.2, 0.25) is 0 Å². The Morgan fingerprint density at radius 3 is 2.52 bits per heavy atom. The first-order chi connectivity index (χ1) is 12.8. The number of carbonyl (C=O) groups excluding carboxylic acids is 2. The number of hydrogen-bond donors (Lipinski definition) is 1. The molecule has 0 aromatic heterocycles. The molecule has 5 nitrogen and oxygen atoms in total. The maximum absolute atomic E-state index is 12.8. The second-order valence-electron chi connectivity index (χ2n) is 5.67. The smallest absolute Gasteiger partial charge is 0.347 e. The van der Waals surface area contributed by atoms with E-state index in [2.05, 4.69) is 5.32 Å². The Balaban J connectivity index is 1.70. The van der Waals surface area contributed by atoms with Crippen molar-refractivity contribution in [3.05, 3.63) is 63.9 Å². The molecule has 8 heteroatoms. The van der Waals surface area contributed by atoms with Gasteiger partial charge < -0.3 is 14.8 Å². The molecule has 0 spiro atoms. The number of benzene rings is 2. The van der Waals surface area contributed by atoms with Crippen LogP contribution >= 0.6 is 23.2 Å². The topological polar surface area (TPSA) is 64.6 Å². The summed E-state index contributed by atoms with van der Waals surface area (Å²) in [6.07, 6.45) is -0.412. The molecule has 2 rings (SSSR count). The van der Waals surface area contributed by atoms with E-state index in [9.17, 15) is 14.0 Å². The number of carbonyl (C=O) groups is 2. The first-order valence-electron chi connectivity index (χ1n) is 8.14. The van der Waals surface area contributed by atoms with E-state index in [1.807, 2.05) is 0 Å². The van der Waals surface area contributed by atoms with Crippen LogP contribution in [0.2, 0.25) is 10.0 Å². The molecule has 27 heavy (non-hydrogen) atoms. The van der Waals surface area contributed by atoms with Crippen LogP contribution in [0.25, 0.3) is 0 Å². The summed E-state index contributed by atoms with van der Waals surface area (Å²) in [5, 5.41) is 3.33. The summed E-state index contributed by atoms with van der Waals surface area (Å²) >= 11 is 11.8. The molecule has 1 atom stereocenters. The van der Waals surface area contributed by atoms with Crippen molar-refractivity contribution < 1.29 is 23.5 Å². The lowest BCUT2D eigenvalue weighted by Gasteiger charge is -2.15. The zero-order valence-electron chi connectivity index (χ0n) is 14.5. The molecule has 0 fully saturated rings. The van der Waals surface area contributed by atoms with Gasteiger partial charge in [0.25, 0.3) is 5.91 Å². The second kappa shape index (κ2) is 10.1. The Hall–Kier alpha value is -2.31. The molecule has 2 aromatic carbocycles. The van der Waals surface area contributed by atoms with E-state index in [-0.39, 0.29) is 16.6 Å². The lowest BCUT2D eigenvalue weighted by atomic mass is 10.1. The number of hydrogen-bond acceptors (Lipinski definition) is 4. The molecule has 0 aliphatic heterocycles. The summed E-state index contributed by atoms with van der Waals surface area (Å²) in [7, 11) is 0. The van der Waals surface area contributed by atoms with Crippen LogP contribution in [0.1, 0.15) is 12.5 Å². The minimum Gasteiger partial charge on any atom is -0.477 e. The van der Waals surface area contributed by atoms with E-state index >= 15 is 0 Å². The van der Waals surface area contributed by atoms with Crippen LogP contribution in [0.15, 0.2) is 42.5 Å². The van der Waals surface area contributed by atoms with E-state index in [0.29, 0.717) is 18.0 Å². The number of amides is 1. The zero-order valence-corrected chi connectivity index (χ0v) is 16.0. The van der Waals surface area contributed by atoms with E-state index in [4.69, 9.17) is 32.7 Å². The molecule has 0 aliphatic rings. The highest BCUT2D eigenvalue weighted by molar-refractivity contribution is 6.35. The van der Waals surface area contributed by atoms with Crippen LogP contribution in [0, 0.1) is 5.82 Å². The number of esters is 1. The fourth-order valence-electron chi connectivity index (χ4n) is 2.11. The van der Waals surface area contributed by atoms with Gasteiger partial charge in [-0.1, -0.05) is 35.3 Å². The third-order valence-electron chi connectivity index (χ3n) is 3.52. The van der Waals surface area contributed by atoms with Crippen molar-refractivity contribution in [3.63, 3.8) is 0 Å². The maximum atomic E-state index is 12.8. The minimum atomic E-state index is -0.948. The quantitative estimate of drug-likeness (QED) is 0.668. The summed E-state index contributed by atoms with van der Waals surface area (Å²) in [6, 6.07) is 10.6. The predicted octanol–water partition coefficient (Wildman–Crippen LogP) is 3.80. The summed E-state index contributed by atoms with van der Waals surface area (Å²) in [4.78, 5) is 23.7. The predicted molar refractivity (Wildman–Crippen MR) is 101 cm³/mol. The van der Waals surface area contributed by atoms with E-state index in [0.717, 1.165) is 5.56 Å². The van der Waals surface area contributed by atoms with Crippen molar-refractivity contribution in [3.8, 4) is 5.75 Å². The van der Waals surface area contributed by atoms with Crippen LogP contribution < -0.4 is 10.1 Å². The molecule has 1 amide bonds. The van der Waals surface area contributed by atoms with Crippen molar-refractivity contribution in [1.29, 1.82) is 0 Å². The number of ether oxygens (including phenoxy) is 2. The van der Waals surface area contributed by atoms with Gasteiger partial charge in [0.15, 0.2) is 12.7 Å². The molecule has 0 radical (unpaired) electrons. The highest BCUT2D eigenvalue weighted by atomic mass is 35.5. The van der Waals surface area contributed by atoms with Crippen molar-refractivity contribution in [2.45, 2.75) is 19.4 Å². The van der Waals surface area contributed by atoms with Crippen LogP contribution in [0.4, 0.5) is 4.39 Å². The fourth-order valence-corrected chi connectivity index (χ4v) is 2.56. The second-order valence-corrected chi connectivity index (χ2v) is 6.51. The van der Waals surface area contributed by atoms with Crippen LogP contribution in [-0.4, -0.2) is 31.1 Å². The average Bonchev–Trinajstić information content (AvgIpc) is 2.63. The van der Waals surface area contributed by atoms with Crippen molar-refractivity contribution in [2.24, 2.45) is 0 Å². The van der Waals surface area contributed by atoms with Gasteiger partial charge in [0.1, 0.15) is 11.6 Å². The van der Waals surface area contributed by atoms with Gasteiger partial charge in [-0.15, -0.1) is 0 Å². The Bertz CT molecular complexity index is 799. The van der Waals surface area contributed by atoms with Crippen LogP contribution in [-0.2, 0) is 20.7 Å². The van der Waals surface area contributed by atoms with Gasteiger partial charge in [-0.25, -0.2) is 9.18 Å². The standard InChI is InChI=1S/C19H18Cl2FNO4/c1-12(27-17-7-4-14(20)10-16(17)21)19(25)26-11-18(24)23-9-8-13-2-5-15(22)6-3-13/h2-7,10,12H,8-9,11H2,1H3,(H,23,24)/t12-/m1/s1. The Labute approximate surface area is 166 Å². The highest BCUT2D eigenvalue weighted by Gasteiger charge is 2.19. The van der Waals surface area contributed by atoms with Gasteiger partial charge >= 0.3 is 5.97 Å². The molecule has 0 heterocycles. The van der Waals surface area contributed by atoms with Crippen molar-refractivity contribution in [1.82, 2.24) is 5.32 Å². The summed E-state index contributed by atoms with van der Waals surface area (Å²) < 4.78 is 23.2. The molecule has 0 unspecified atom stereocenters. The summed E-state index contributed by atoms with van der Waals surface area (Å²) in [6.45, 7) is 1.40. The average molecular weight is 414 g/mol. The largest absolute Gasteiger partial charge is 0.477 e. The zero-order chi connectivity index (χ0) is 19.8. The highest BCUT2D eigenvalue weighted by Crippen LogP contribution is 2.28. The van der Waals surface area contributed by atoms with Crippen molar-refractivity contribution >= 4 is 35.1 Å². The van der Waals surface area contributed by atoms with Gasteiger partial charge in [-0.05, 0) is 49.2 Å². The van der Waals surface area contributed by atoms with E-state index in [1.165, 1.54) is 31.2 Å². The molecular weight excluding hydrogens is 396 g/mol. The molecule has 0 bridgehead atoms. The third kappa shape index (κ3) is 7.07. The number of nitrogens with one attached hydrogen (secondary N) is 1. The lowest BCUT2D eigenvalue weighted by molar-refractivity contribution is -0.154.